The van der Waals surface area contributed by atoms with Crippen molar-refractivity contribution in [2.24, 2.45) is 23.7 Å². The van der Waals surface area contributed by atoms with Crippen LogP contribution in [0.25, 0.3) is 11.0 Å². The number of alkyl carbamates (subject to hydrolysis) is 1. The molecule has 4 fully saturated rings. The van der Waals surface area contributed by atoms with Gasteiger partial charge < -0.3 is 29.4 Å². The second-order valence-electron chi connectivity index (χ2n) is 16.1. The molecule has 14 nitrogen and oxygen atoms in total. The summed E-state index contributed by atoms with van der Waals surface area (Å²) >= 11 is 0. The van der Waals surface area contributed by atoms with Crippen molar-refractivity contribution in [3.8, 4) is 0 Å². The number of rotatable bonds is 10. The van der Waals surface area contributed by atoms with Crippen LogP contribution < -0.4 is 15.4 Å². The normalized spacial score (nSPS) is 25.2. The van der Waals surface area contributed by atoms with Crippen LogP contribution in [-0.4, -0.2) is 98.6 Å². The SMILES string of the molecule is CC(C)(C)OC(=O)N[C@H](CF)[C@H]1CC[C@H](C(=O)N2CC[C@@H](C3CCCCC3)[C@H]2C(=O)Nc2ccc3oc(C(=O)NS(=O)(=O)N4CCOCC4)cc3c2)CC1. The summed E-state index contributed by atoms with van der Waals surface area (Å²) in [4.78, 5) is 55.4. The lowest BCUT2D eigenvalue weighted by Crippen LogP contribution is -2.50. The van der Waals surface area contributed by atoms with Gasteiger partial charge in [-0.3, -0.25) is 14.4 Å². The highest BCUT2D eigenvalue weighted by Gasteiger charge is 2.47. The monoisotopic (exact) mass is 775 g/mol. The molecule has 4 amide bonds. The second-order valence-corrected chi connectivity index (χ2v) is 17.8. The molecule has 0 bridgehead atoms. The van der Waals surface area contributed by atoms with E-state index in [2.05, 4.69) is 15.4 Å². The molecule has 1 aromatic heterocycles. The fourth-order valence-electron chi connectivity index (χ4n) is 8.67. The molecule has 0 spiro atoms. The Balaban J connectivity index is 1.12. The molecule has 3 atom stereocenters. The van der Waals surface area contributed by atoms with Gasteiger partial charge in [0, 0.05) is 36.6 Å². The number of benzene rings is 1. The van der Waals surface area contributed by atoms with Gasteiger partial charge in [-0.1, -0.05) is 32.1 Å². The first-order chi connectivity index (χ1) is 25.7. The maximum atomic E-state index is 14.2. The van der Waals surface area contributed by atoms with E-state index in [9.17, 15) is 32.0 Å². The number of carbonyl (C=O) groups is 4. The average Bonchev–Trinajstić information content (AvgIpc) is 3.79. The zero-order valence-electron chi connectivity index (χ0n) is 31.4. The van der Waals surface area contributed by atoms with Gasteiger partial charge in [0.25, 0.3) is 0 Å². The van der Waals surface area contributed by atoms with Gasteiger partial charge in [0.2, 0.25) is 11.8 Å². The number of halogens is 1. The Hall–Kier alpha value is -3.76. The first-order valence-corrected chi connectivity index (χ1v) is 20.8. The van der Waals surface area contributed by atoms with Gasteiger partial charge >= 0.3 is 22.2 Å². The molecule has 4 aliphatic rings. The predicted molar refractivity (Wildman–Crippen MR) is 198 cm³/mol. The van der Waals surface area contributed by atoms with Gasteiger partial charge in [-0.25, -0.2) is 13.9 Å². The lowest BCUT2D eigenvalue weighted by molar-refractivity contribution is -0.142. The number of alkyl halides is 1. The van der Waals surface area contributed by atoms with Gasteiger partial charge in [-0.05, 0) is 94.9 Å². The molecule has 2 aliphatic heterocycles. The number of furan rings is 1. The standard InChI is InChI=1S/C38H54FN5O9S/c1-38(2,3)53-37(48)41-30(23-39)25-9-11-26(12-10-25)36(47)44-16-15-29(24-7-5-4-6-8-24)33(44)35(46)40-28-13-14-31-27(21-28)22-32(52-31)34(45)42-54(49,50)43-17-19-51-20-18-43/h13-14,21-22,24-26,29-30,33H,4-12,15-20,23H2,1-3H3,(H,40,46)(H,41,48)(H,42,45)/t25-,26-,29-,30+,33-/m0/s1. The Morgan fingerprint density at radius 3 is 2.31 bits per heavy atom. The first kappa shape index (κ1) is 39.9. The average molecular weight is 776 g/mol. The predicted octanol–water partition coefficient (Wildman–Crippen LogP) is 5.14. The first-order valence-electron chi connectivity index (χ1n) is 19.3. The fraction of sp³-hybridized carbons (Fsp3) is 0.684. The van der Waals surface area contributed by atoms with Crippen LogP contribution in [0.1, 0.15) is 95.5 Å². The number of hydrogen-bond donors (Lipinski definition) is 3. The number of likely N-dealkylation sites (tertiary alicyclic amines) is 1. The second kappa shape index (κ2) is 16.9. The van der Waals surface area contributed by atoms with E-state index in [1.54, 1.807) is 43.9 Å². The summed E-state index contributed by atoms with van der Waals surface area (Å²) in [5.74, 6) is -1.52. The van der Waals surface area contributed by atoms with Crippen molar-refractivity contribution in [2.75, 3.05) is 44.8 Å². The Morgan fingerprint density at radius 1 is 0.944 bits per heavy atom. The molecule has 0 radical (unpaired) electrons. The number of hydrogen-bond acceptors (Lipinski definition) is 9. The van der Waals surface area contributed by atoms with Gasteiger partial charge in [-0.15, -0.1) is 0 Å². The molecular weight excluding hydrogens is 722 g/mol. The highest BCUT2D eigenvalue weighted by atomic mass is 32.2. The molecule has 6 rings (SSSR count). The van der Waals surface area contributed by atoms with Gasteiger partial charge in [-0.2, -0.15) is 12.7 Å². The number of nitrogens with zero attached hydrogens (tertiary/aromatic N) is 2. The summed E-state index contributed by atoms with van der Waals surface area (Å²) < 4.78 is 58.9. The number of ether oxygens (including phenoxy) is 2. The fourth-order valence-corrected chi connectivity index (χ4v) is 9.76. The number of carbonyl (C=O) groups excluding carboxylic acids is 4. The number of nitrogens with one attached hydrogen (secondary N) is 3. The minimum absolute atomic E-state index is 0.0147. The van der Waals surface area contributed by atoms with Crippen molar-refractivity contribution in [1.82, 2.24) is 19.2 Å². The van der Waals surface area contributed by atoms with Gasteiger partial charge in [0.05, 0.1) is 19.3 Å². The lowest BCUT2D eigenvalue weighted by atomic mass is 9.76. The maximum absolute atomic E-state index is 14.2. The number of morpholine rings is 1. The minimum atomic E-state index is -4.09. The molecule has 16 heteroatoms. The molecular formula is C38H54FN5O9S. The summed E-state index contributed by atoms with van der Waals surface area (Å²) in [7, 11) is -4.09. The highest BCUT2D eigenvalue weighted by Crippen LogP contribution is 2.41. The molecule has 54 heavy (non-hydrogen) atoms. The number of fused-ring (bicyclic) bond motifs is 1. The topological polar surface area (TPSA) is 177 Å². The molecule has 3 heterocycles. The Morgan fingerprint density at radius 2 is 1.65 bits per heavy atom. The van der Waals surface area contributed by atoms with Crippen LogP contribution in [-0.2, 0) is 29.3 Å². The summed E-state index contributed by atoms with van der Waals surface area (Å²) in [6.45, 7) is 5.75. The van der Waals surface area contributed by atoms with Crippen molar-refractivity contribution < 1.29 is 45.9 Å². The van der Waals surface area contributed by atoms with E-state index in [-0.39, 0.29) is 61.6 Å². The van der Waals surface area contributed by atoms with E-state index in [0.717, 1.165) is 36.4 Å². The van der Waals surface area contributed by atoms with Crippen LogP contribution >= 0.6 is 0 Å². The third-order valence-corrected chi connectivity index (χ3v) is 12.8. The van der Waals surface area contributed by atoms with Crippen LogP contribution in [0.2, 0.25) is 0 Å². The quantitative estimate of drug-likeness (QED) is 0.295. The Kier molecular flexibility index (Phi) is 12.5. The minimum Gasteiger partial charge on any atom is -0.451 e. The summed E-state index contributed by atoms with van der Waals surface area (Å²) in [6, 6.07) is 5.00. The highest BCUT2D eigenvalue weighted by molar-refractivity contribution is 7.87. The molecule has 3 N–H and O–H groups in total. The van der Waals surface area contributed by atoms with Crippen molar-refractivity contribution in [1.29, 1.82) is 0 Å². The molecule has 1 aromatic carbocycles. The van der Waals surface area contributed by atoms with Crippen molar-refractivity contribution >= 4 is 50.7 Å². The Labute approximate surface area is 316 Å². The molecule has 298 valence electrons. The summed E-state index contributed by atoms with van der Waals surface area (Å²) in [5.41, 5.74) is 0.0949. The van der Waals surface area contributed by atoms with E-state index in [0.29, 0.717) is 54.8 Å². The zero-order valence-corrected chi connectivity index (χ0v) is 32.3. The Bertz CT molecular complexity index is 1780. The van der Waals surface area contributed by atoms with Gasteiger partial charge in [0.15, 0.2) is 5.76 Å². The largest absolute Gasteiger partial charge is 0.451 e. The molecule has 2 aliphatic carbocycles. The van der Waals surface area contributed by atoms with Crippen LogP contribution in [0.3, 0.4) is 0 Å². The van der Waals surface area contributed by atoms with Crippen molar-refractivity contribution in [2.45, 2.75) is 103 Å². The molecule has 2 aromatic rings. The number of anilines is 1. The number of amides is 4. The van der Waals surface area contributed by atoms with E-state index >= 15 is 0 Å². The van der Waals surface area contributed by atoms with E-state index < -0.39 is 46.6 Å². The maximum Gasteiger partial charge on any atom is 0.407 e. The molecule has 2 saturated carbocycles. The van der Waals surface area contributed by atoms with Crippen LogP contribution in [0.5, 0.6) is 0 Å². The third kappa shape index (κ3) is 9.54. The van der Waals surface area contributed by atoms with Crippen LogP contribution in [0.4, 0.5) is 14.9 Å². The zero-order chi connectivity index (χ0) is 38.6. The summed E-state index contributed by atoms with van der Waals surface area (Å²) in [6.07, 6.45) is 7.69. The third-order valence-electron chi connectivity index (χ3n) is 11.3. The van der Waals surface area contributed by atoms with Crippen molar-refractivity contribution in [3.05, 3.63) is 30.0 Å². The molecule has 0 unspecified atom stereocenters. The van der Waals surface area contributed by atoms with Crippen LogP contribution in [0.15, 0.2) is 28.7 Å². The van der Waals surface area contributed by atoms with Crippen molar-refractivity contribution in [3.63, 3.8) is 0 Å². The van der Waals surface area contributed by atoms with E-state index in [1.165, 1.54) is 12.5 Å². The van der Waals surface area contributed by atoms with Crippen LogP contribution in [0, 0.1) is 23.7 Å². The summed E-state index contributed by atoms with van der Waals surface area (Å²) in [5, 5.41) is 6.21. The lowest BCUT2D eigenvalue weighted by Gasteiger charge is -2.37. The van der Waals surface area contributed by atoms with E-state index in [4.69, 9.17) is 13.9 Å². The smallest absolute Gasteiger partial charge is 0.407 e. The van der Waals surface area contributed by atoms with Gasteiger partial charge in [0.1, 0.15) is 23.9 Å². The van der Waals surface area contributed by atoms with E-state index in [1.807, 2.05) is 0 Å². The molecule has 2 saturated heterocycles.